The Morgan fingerprint density at radius 1 is 1.47 bits per heavy atom. The van der Waals surface area contributed by atoms with Crippen molar-refractivity contribution < 1.29 is 5.11 Å². The minimum atomic E-state index is -0.428. The first-order valence-electron chi connectivity index (χ1n) is 5.12. The van der Waals surface area contributed by atoms with Gasteiger partial charge in [0.05, 0.1) is 12.6 Å². The van der Waals surface area contributed by atoms with Crippen molar-refractivity contribution in [3.8, 4) is 0 Å². The van der Waals surface area contributed by atoms with Gasteiger partial charge in [-0.25, -0.2) is 0 Å². The maximum atomic E-state index is 9.18. The van der Waals surface area contributed by atoms with E-state index in [1.165, 1.54) is 11.1 Å². The summed E-state index contributed by atoms with van der Waals surface area (Å²) in [7, 11) is 0. The molecule has 2 rings (SSSR count). The second-order valence-electron chi connectivity index (χ2n) is 3.74. The van der Waals surface area contributed by atoms with Gasteiger partial charge in [0.25, 0.3) is 0 Å². The van der Waals surface area contributed by atoms with Crippen LogP contribution in [0.25, 0.3) is 10.4 Å². The van der Waals surface area contributed by atoms with E-state index in [1.807, 2.05) is 12.1 Å². The zero-order valence-electron chi connectivity index (χ0n) is 8.43. The molecule has 0 spiro atoms. The fraction of sp³-hybridized carbons (Fsp3) is 0.455. The van der Waals surface area contributed by atoms with Crippen LogP contribution in [0.15, 0.2) is 23.3 Å². The van der Waals surface area contributed by atoms with Gasteiger partial charge in [-0.2, -0.15) is 0 Å². The molecule has 0 heterocycles. The van der Waals surface area contributed by atoms with Gasteiger partial charge in [-0.15, -0.1) is 0 Å². The number of benzene rings is 1. The molecule has 0 saturated heterocycles. The van der Waals surface area contributed by atoms with Crippen LogP contribution in [0.4, 0.5) is 0 Å². The van der Waals surface area contributed by atoms with E-state index in [9.17, 15) is 5.11 Å². The van der Waals surface area contributed by atoms with Crippen molar-refractivity contribution in [2.45, 2.75) is 25.3 Å². The summed E-state index contributed by atoms with van der Waals surface area (Å²) in [5.41, 5.74) is 12.0. The van der Waals surface area contributed by atoms with Gasteiger partial charge in [-0.3, -0.25) is 0 Å². The molecule has 0 amide bonds. The maximum Gasteiger partial charge on any atom is 0.0859 e. The molecule has 0 radical (unpaired) electrons. The molecule has 1 aliphatic carbocycles. The lowest BCUT2D eigenvalue weighted by Gasteiger charge is -2.13. The average Bonchev–Trinajstić information content (AvgIpc) is 2.73. The number of azide groups is 1. The largest absolute Gasteiger partial charge is 0.396 e. The van der Waals surface area contributed by atoms with Gasteiger partial charge >= 0.3 is 0 Å². The van der Waals surface area contributed by atoms with Crippen molar-refractivity contribution in [1.29, 1.82) is 0 Å². The van der Waals surface area contributed by atoms with Crippen LogP contribution < -0.4 is 0 Å². The minimum absolute atomic E-state index is 0.124. The first kappa shape index (κ1) is 10.0. The molecular formula is C11H13N3O. The third-order valence-corrected chi connectivity index (χ3v) is 2.91. The van der Waals surface area contributed by atoms with Crippen molar-refractivity contribution in [2.75, 3.05) is 6.61 Å². The van der Waals surface area contributed by atoms with Crippen molar-refractivity contribution in [2.24, 2.45) is 5.11 Å². The van der Waals surface area contributed by atoms with Crippen molar-refractivity contribution in [3.05, 3.63) is 45.3 Å². The maximum absolute atomic E-state index is 9.18. The highest BCUT2D eigenvalue weighted by atomic mass is 16.3. The zero-order valence-corrected chi connectivity index (χ0v) is 8.43. The predicted molar refractivity (Wildman–Crippen MR) is 57.4 cm³/mol. The molecule has 0 aromatic heterocycles. The Labute approximate surface area is 88.2 Å². The van der Waals surface area contributed by atoms with Crippen molar-refractivity contribution >= 4 is 0 Å². The number of nitrogens with zero attached hydrogens (tertiary/aromatic N) is 3. The molecule has 1 aliphatic rings. The molecule has 78 valence electrons. The Balaban J connectivity index is 2.43. The first-order chi connectivity index (χ1) is 7.36. The number of rotatable bonds is 3. The van der Waals surface area contributed by atoms with E-state index in [1.54, 1.807) is 0 Å². The second-order valence-corrected chi connectivity index (χ2v) is 3.74. The van der Waals surface area contributed by atoms with Gasteiger partial charge < -0.3 is 5.11 Å². The number of aryl methyl sites for hydroxylation is 1. The monoisotopic (exact) mass is 203 g/mol. The lowest BCUT2D eigenvalue weighted by molar-refractivity contribution is 0.267. The topological polar surface area (TPSA) is 69.0 Å². The summed E-state index contributed by atoms with van der Waals surface area (Å²) < 4.78 is 0. The first-order valence-corrected chi connectivity index (χ1v) is 5.12. The summed E-state index contributed by atoms with van der Waals surface area (Å²) in [6, 6.07) is 5.59. The smallest absolute Gasteiger partial charge is 0.0859 e. The van der Waals surface area contributed by atoms with Crippen LogP contribution in [0.1, 0.15) is 29.2 Å². The van der Waals surface area contributed by atoms with Crippen LogP contribution >= 0.6 is 0 Å². The summed E-state index contributed by atoms with van der Waals surface area (Å²) in [6.45, 7) is -0.124. The highest BCUT2D eigenvalue weighted by Gasteiger charge is 2.18. The standard InChI is InChI=1S/C11H13N3O/c12-14-13-11(7-15)10-6-2-4-8-3-1-5-9(8)10/h2,4,6,11,15H,1,3,5,7H2. The van der Waals surface area contributed by atoms with Crippen LogP contribution in [-0.2, 0) is 12.8 Å². The third kappa shape index (κ3) is 1.82. The van der Waals surface area contributed by atoms with E-state index in [2.05, 4.69) is 16.1 Å². The highest BCUT2D eigenvalue weighted by molar-refractivity contribution is 5.40. The number of hydrogen-bond acceptors (Lipinski definition) is 2. The molecular weight excluding hydrogens is 190 g/mol. The van der Waals surface area contributed by atoms with E-state index in [-0.39, 0.29) is 6.61 Å². The summed E-state index contributed by atoms with van der Waals surface area (Å²) in [5, 5.41) is 12.8. The van der Waals surface area contributed by atoms with E-state index < -0.39 is 6.04 Å². The molecule has 4 nitrogen and oxygen atoms in total. The molecule has 1 aromatic rings. The van der Waals surface area contributed by atoms with Crippen LogP contribution in [0.5, 0.6) is 0 Å². The van der Waals surface area contributed by atoms with Crippen LogP contribution in [0.2, 0.25) is 0 Å². The molecule has 0 aliphatic heterocycles. The predicted octanol–water partition coefficient (Wildman–Crippen LogP) is 2.52. The van der Waals surface area contributed by atoms with Gasteiger partial charge in [-0.1, -0.05) is 23.3 Å². The van der Waals surface area contributed by atoms with Gasteiger partial charge in [0.2, 0.25) is 0 Å². The fourth-order valence-corrected chi connectivity index (χ4v) is 2.22. The SMILES string of the molecule is [N-]=[N+]=NC(CO)c1cccc2c1CCC2. The second kappa shape index (κ2) is 4.34. The molecule has 1 unspecified atom stereocenters. The van der Waals surface area contributed by atoms with Gasteiger partial charge in [-0.05, 0) is 41.5 Å². The van der Waals surface area contributed by atoms with Crippen molar-refractivity contribution in [1.82, 2.24) is 0 Å². The lowest BCUT2D eigenvalue weighted by Crippen LogP contribution is -2.04. The van der Waals surface area contributed by atoms with Gasteiger partial charge in [0, 0.05) is 4.91 Å². The van der Waals surface area contributed by atoms with Crippen LogP contribution in [-0.4, -0.2) is 11.7 Å². The quantitative estimate of drug-likeness (QED) is 0.457. The Hall–Kier alpha value is -1.51. The molecule has 0 bridgehead atoms. The summed E-state index contributed by atoms with van der Waals surface area (Å²) in [5.74, 6) is 0. The third-order valence-electron chi connectivity index (χ3n) is 2.91. The minimum Gasteiger partial charge on any atom is -0.396 e. The van der Waals surface area contributed by atoms with E-state index >= 15 is 0 Å². The number of fused-ring (bicyclic) bond motifs is 1. The molecule has 1 atom stereocenters. The molecule has 15 heavy (non-hydrogen) atoms. The molecule has 4 heteroatoms. The Morgan fingerprint density at radius 2 is 2.33 bits per heavy atom. The number of hydrogen-bond donors (Lipinski definition) is 1. The normalized spacial score (nSPS) is 15.5. The van der Waals surface area contributed by atoms with Crippen LogP contribution in [0.3, 0.4) is 0 Å². The number of aliphatic hydroxyl groups is 1. The van der Waals surface area contributed by atoms with E-state index in [4.69, 9.17) is 5.53 Å². The van der Waals surface area contributed by atoms with E-state index in [0.717, 1.165) is 24.8 Å². The average molecular weight is 203 g/mol. The summed E-state index contributed by atoms with van der Waals surface area (Å²) in [6.07, 6.45) is 3.28. The fourth-order valence-electron chi connectivity index (χ4n) is 2.22. The Kier molecular flexibility index (Phi) is 2.90. The highest BCUT2D eigenvalue weighted by Crippen LogP contribution is 2.30. The lowest BCUT2D eigenvalue weighted by atomic mass is 9.98. The van der Waals surface area contributed by atoms with E-state index in [0.29, 0.717) is 0 Å². The van der Waals surface area contributed by atoms with Gasteiger partial charge in [0.15, 0.2) is 0 Å². The Bertz CT molecular complexity index is 410. The van der Waals surface area contributed by atoms with Crippen LogP contribution in [0, 0.1) is 0 Å². The molecule has 1 aromatic carbocycles. The van der Waals surface area contributed by atoms with Gasteiger partial charge in [0.1, 0.15) is 0 Å². The molecule has 0 saturated carbocycles. The number of aliphatic hydroxyl groups excluding tert-OH is 1. The Morgan fingerprint density at radius 3 is 3.07 bits per heavy atom. The molecule has 0 fully saturated rings. The summed E-state index contributed by atoms with van der Waals surface area (Å²) in [4.78, 5) is 2.77. The molecule has 1 N–H and O–H groups in total. The van der Waals surface area contributed by atoms with Crippen molar-refractivity contribution in [3.63, 3.8) is 0 Å². The zero-order chi connectivity index (χ0) is 10.7. The summed E-state index contributed by atoms with van der Waals surface area (Å²) >= 11 is 0.